The molecule has 0 spiro atoms. The van der Waals surface area contributed by atoms with Gasteiger partial charge in [0, 0.05) is 18.6 Å². The topological polar surface area (TPSA) is 89.0 Å². The number of amidine groups is 1. The maximum absolute atomic E-state index is 12.3. The summed E-state index contributed by atoms with van der Waals surface area (Å²) in [5.41, 5.74) is 0.464. The second kappa shape index (κ2) is 9.07. The minimum atomic E-state index is -0.529. The number of carbonyl (C=O) groups is 2. The minimum absolute atomic E-state index is 0.0177. The van der Waals surface area contributed by atoms with E-state index >= 15 is 0 Å². The maximum atomic E-state index is 12.3. The first kappa shape index (κ1) is 19.6. The summed E-state index contributed by atoms with van der Waals surface area (Å²) in [5, 5.41) is 5.87. The maximum Gasteiger partial charge on any atom is 0.240 e. The fraction of sp³-hybridized carbons (Fsp3) is 0.438. The molecule has 1 heterocycles. The summed E-state index contributed by atoms with van der Waals surface area (Å²) in [6.07, 6.45) is 0.0177. The summed E-state index contributed by atoms with van der Waals surface area (Å²) in [6.45, 7) is 2.34. The van der Waals surface area contributed by atoms with Crippen LogP contribution in [0.15, 0.2) is 23.2 Å². The van der Waals surface area contributed by atoms with Gasteiger partial charge in [0.2, 0.25) is 11.8 Å². The molecule has 2 amide bonds. The predicted octanol–water partition coefficient (Wildman–Crippen LogP) is 2.30. The molecule has 1 aromatic rings. The average Bonchev–Trinajstić information content (AvgIpc) is 2.87. The van der Waals surface area contributed by atoms with E-state index in [2.05, 4.69) is 15.6 Å². The Kier molecular flexibility index (Phi) is 7.10. The molecule has 0 aromatic heterocycles. The third-order valence-corrected chi connectivity index (χ3v) is 4.66. The van der Waals surface area contributed by atoms with Crippen molar-refractivity contribution < 1.29 is 19.1 Å². The van der Waals surface area contributed by atoms with Crippen molar-refractivity contribution in [3.8, 4) is 5.75 Å². The summed E-state index contributed by atoms with van der Waals surface area (Å²) in [6, 6.07) is 4.85. The molecule has 25 heavy (non-hydrogen) atoms. The summed E-state index contributed by atoms with van der Waals surface area (Å²) < 4.78 is 10.2. The number of hydrogen-bond donors (Lipinski definition) is 2. The Bertz CT molecular complexity index is 683. The third kappa shape index (κ3) is 5.62. The van der Waals surface area contributed by atoms with Gasteiger partial charge in [0.05, 0.1) is 25.4 Å². The number of carbonyl (C=O) groups excluding carboxylic acids is 2. The van der Waals surface area contributed by atoms with Gasteiger partial charge in [-0.05, 0) is 25.1 Å². The zero-order chi connectivity index (χ0) is 18.4. The van der Waals surface area contributed by atoms with Crippen LogP contribution in [0.1, 0.15) is 13.3 Å². The molecule has 0 saturated carbocycles. The highest BCUT2D eigenvalue weighted by Gasteiger charge is 2.32. The molecule has 1 aliphatic rings. The first-order valence-corrected chi connectivity index (χ1v) is 8.86. The number of rotatable bonds is 7. The summed E-state index contributed by atoms with van der Waals surface area (Å²) in [4.78, 5) is 28.6. The Morgan fingerprint density at radius 2 is 2.24 bits per heavy atom. The lowest BCUT2D eigenvalue weighted by Gasteiger charge is -2.11. The van der Waals surface area contributed by atoms with E-state index < -0.39 is 5.25 Å². The van der Waals surface area contributed by atoms with Gasteiger partial charge in [0.1, 0.15) is 11.0 Å². The highest BCUT2D eigenvalue weighted by molar-refractivity contribution is 8.15. The standard InChI is InChI=1S/C16H20ClN3O4S/c1-9(8-23-2)18-16-20-15(22)13(25-16)7-14(21)19-11-6-10(17)4-5-12(11)24-3/h4-6,9,13H,7-8H2,1-3H3,(H,19,21)(H,18,20,22). The lowest BCUT2D eigenvalue weighted by atomic mass is 10.2. The summed E-state index contributed by atoms with van der Waals surface area (Å²) >= 11 is 7.18. The van der Waals surface area contributed by atoms with Gasteiger partial charge in [-0.15, -0.1) is 0 Å². The first-order valence-electron chi connectivity index (χ1n) is 7.60. The summed E-state index contributed by atoms with van der Waals surface area (Å²) in [7, 11) is 3.09. The second-order valence-corrected chi connectivity index (χ2v) is 7.06. The summed E-state index contributed by atoms with van der Waals surface area (Å²) in [5.74, 6) is -0.0436. The monoisotopic (exact) mass is 385 g/mol. The molecule has 1 saturated heterocycles. The van der Waals surface area contributed by atoms with Crippen LogP contribution in [-0.2, 0) is 14.3 Å². The molecule has 0 bridgehead atoms. The van der Waals surface area contributed by atoms with E-state index in [0.717, 1.165) is 0 Å². The largest absolute Gasteiger partial charge is 0.495 e. The van der Waals surface area contributed by atoms with Gasteiger partial charge in [-0.2, -0.15) is 0 Å². The molecule has 2 unspecified atom stereocenters. The highest BCUT2D eigenvalue weighted by atomic mass is 35.5. The Morgan fingerprint density at radius 3 is 2.92 bits per heavy atom. The first-order chi connectivity index (χ1) is 11.9. The molecule has 2 rings (SSSR count). The van der Waals surface area contributed by atoms with E-state index in [1.54, 1.807) is 25.3 Å². The number of nitrogens with one attached hydrogen (secondary N) is 2. The van der Waals surface area contributed by atoms with Crippen molar-refractivity contribution in [2.45, 2.75) is 24.6 Å². The molecule has 7 nitrogen and oxygen atoms in total. The van der Waals surface area contributed by atoms with E-state index in [1.807, 2.05) is 6.92 Å². The molecular weight excluding hydrogens is 366 g/mol. The highest BCUT2D eigenvalue weighted by Crippen LogP contribution is 2.29. The molecule has 0 aliphatic carbocycles. The molecule has 2 N–H and O–H groups in total. The number of ether oxygens (including phenoxy) is 2. The Labute approximate surface area is 155 Å². The van der Waals surface area contributed by atoms with Crippen LogP contribution in [-0.4, -0.2) is 49.1 Å². The normalized spacial score (nSPS) is 19.6. The Balaban J connectivity index is 1.97. The second-order valence-electron chi connectivity index (χ2n) is 5.43. The fourth-order valence-electron chi connectivity index (χ4n) is 2.23. The predicted molar refractivity (Wildman–Crippen MR) is 99.5 cm³/mol. The zero-order valence-electron chi connectivity index (χ0n) is 14.2. The van der Waals surface area contributed by atoms with Crippen LogP contribution in [0.4, 0.5) is 5.69 Å². The van der Waals surface area contributed by atoms with Crippen molar-refractivity contribution in [3.63, 3.8) is 0 Å². The smallest absolute Gasteiger partial charge is 0.240 e. The number of aliphatic imine (C=N–C) groups is 1. The van der Waals surface area contributed by atoms with Gasteiger partial charge < -0.3 is 20.1 Å². The van der Waals surface area contributed by atoms with Crippen LogP contribution in [0.5, 0.6) is 5.75 Å². The molecule has 136 valence electrons. The molecule has 1 fully saturated rings. The van der Waals surface area contributed by atoms with E-state index in [9.17, 15) is 9.59 Å². The van der Waals surface area contributed by atoms with Gasteiger partial charge in [0.25, 0.3) is 0 Å². The average molecular weight is 386 g/mol. The molecule has 1 aliphatic heterocycles. The molecule has 1 aromatic carbocycles. The van der Waals surface area contributed by atoms with E-state index in [1.165, 1.54) is 18.9 Å². The lowest BCUT2D eigenvalue weighted by molar-refractivity contribution is -0.122. The van der Waals surface area contributed by atoms with Crippen LogP contribution in [0, 0.1) is 0 Å². The Morgan fingerprint density at radius 1 is 1.48 bits per heavy atom. The van der Waals surface area contributed by atoms with Gasteiger partial charge in [-0.3, -0.25) is 14.6 Å². The number of halogens is 1. The van der Waals surface area contributed by atoms with E-state index in [-0.39, 0.29) is 24.3 Å². The lowest BCUT2D eigenvalue weighted by Crippen LogP contribution is -2.28. The number of thioether (sulfide) groups is 1. The third-order valence-electron chi connectivity index (χ3n) is 3.33. The van der Waals surface area contributed by atoms with Gasteiger partial charge in [-0.1, -0.05) is 23.4 Å². The quantitative estimate of drug-likeness (QED) is 0.751. The van der Waals surface area contributed by atoms with Crippen molar-refractivity contribution in [2.24, 2.45) is 4.99 Å². The van der Waals surface area contributed by atoms with Crippen molar-refractivity contribution in [2.75, 3.05) is 26.1 Å². The fourth-order valence-corrected chi connectivity index (χ4v) is 3.47. The van der Waals surface area contributed by atoms with Crippen molar-refractivity contribution >= 4 is 46.0 Å². The van der Waals surface area contributed by atoms with Crippen LogP contribution in [0.25, 0.3) is 0 Å². The number of anilines is 1. The SMILES string of the molecule is COCC(C)N=C1NC(=O)C(CC(=O)Nc2cc(Cl)ccc2OC)S1. The Hall–Kier alpha value is -1.77. The van der Waals surface area contributed by atoms with Gasteiger partial charge in [0.15, 0.2) is 5.17 Å². The van der Waals surface area contributed by atoms with Crippen LogP contribution >= 0.6 is 23.4 Å². The number of methoxy groups -OCH3 is 2. The van der Waals surface area contributed by atoms with Crippen LogP contribution < -0.4 is 15.4 Å². The zero-order valence-corrected chi connectivity index (χ0v) is 15.7. The van der Waals surface area contributed by atoms with E-state index in [4.69, 9.17) is 21.1 Å². The molecule has 2 atom stereocenters. The van der Waals surface area contributed by atoms with Crippen molar-refractivity contribution in [1.82, 2.24) is 5.32 Å². The van der Waals surface area contributed by atoms with Gasteiger partial charge >= 0.3 is 0 Å². The van der Waals surface area contributed by atoms with Crippen LogP contribution in [0.3, 0.4) is 0 Å². The van der Waals surface area contributed by atoms with E-state index in [0.29, 0.717) is 28.2 Å². The van der Waals surface area contributed by atoms with Crippen molar-refractivity contribution in [1.29, 1.82) is 0 Å². The number of benzene rings is 1. The molecular formula is C16H20ClN3O4S. The minimum Gasteiger partial charge on any atom is -0.495 e. The number of nitrogens with zero attached hydrogens (tertiary/aromatic N) is 1. The number of amides is 2. The molecule has 9 heteroatoms. The van der Waals surface area contributed by atoms with Crippen molar-refractivity contribution in [3.05, 3.63) is 23.2 Å². The van der Waals surface area contributed by atoms with Gasteiger partial charge in [-0.25, -0.2) is 0 Å². The number of hydrogen-bond acceptors (Lipinski definition) is 6. The molecule has 0 radical (unpaired) electrons. The van der Waals surface area contributed by atoms with Crippen LogP contribution in [0.2, 0.25) is 5.02 Å².